The number of rotatable bonds is 5. The van der Waals surface area contributed by atoms with E-state index in [9.17, 15) is 0 Å². The molecule has 0 spiro atoms. The minimum absolute atomic E-state index is 0.329. The topological polar surface area (TPSA) is 12.0 Å². The maximum atomic E-state index is 3.29. The fourth-order valence-electron chi connectivity index (χ4n) is 0.783. The van der Waals surface area contributed by atoms with Crippen molar-refractivity contribution in [3.63, 3.8) is 0 Å². The van der Waals surface area contributed by atoms with Gasteiger partial charge in [0.15, 0.2) is 0 Å². The minimum Gasteiger partial charge on any atom is -0.315 e. The molecule has 62 valence electrons. The Kier molecular flexibility index (Phi) is 5.18. The van der Waals surface area contributed by atoms with Gasteiger partial charge in [-0.2, -0.15) is 11.8 Å². The van der Waals surface area contributed by atoms with Crippen LogP contribution in [0.2, 0.25) is 0 Å². The predicted molar refractivity (Wildman–Crippen MR) is 50.8 cm³/mol. The largest absolute Gasteiger partial charge is 0.315 e. The van der Waals surface area contributed by atoms with Crippen LogP contribution in [0.4, 0.5) is 0 Å². The van der Waals surface area contributed by atoms with Crippen molar-refractivity contribution in [2.45, 2.75) is 32.2 Å². The van der Waals surface area contributed by atoms with E-state index in [0.717, 1.165) is 0 Å². The van der Waals surface area contributed by atoms with Crippen molar-refractivity contribution in [1.29, 1.82) is 0 Å². The molecule has 0 heterocycles. The van der Waals surface area contributed by atoms with Gasteiger partial charge in [0.2, 0.25) is 0 Å². The van der Waals surface area contributed by atoms with Crippen LogP contribution in [0.3, 0.4) is 0 Å². The second-order valence-electron chi connectivity index (χ2n) is 3.23. The van der Waals surface area contributed by atoms with Crippen LogP contribution in [-0.4, -0.2) is 24.6 Å². The lowest BCUT2D eigenvalue weighted by Gasteiger charge is -2.23. The van der Waals surface area contributed by atoms with Gasteiger partial charge in [-0.05, 0) is 45.7 Å². The highest BCUT2D eigenvalue weighted by atomic mass is 32.2. The van der Waals surface area contributed by atoms with E-state index in [2.05, 4.69) is 25.4 Å². The Morgan fingerprint density at radius 1 is 1.40 bits per heavy atom. The summed E-state index contributed by atoms with van der Waals surface area (Å²) in [6, 6.07) is 0. The predicted octanol–water partition coefficient (Wildman–Crippen LogP) is 2.13. The summed E-state index contributed by atoms with van der Waals surface area (Å²) < 4.78 is 0. The Morgan fingerprint density at radius 2 is 2.00 bits per heavy atom. The summed E-state index contributed by atoms with van der Waals surface area (Å²) in [5.41, 5.74) is 0.329. The maximum Gasteiger partial charge on any atom is 0.0122 e. The second-order valence-corrected chi connectivity index (χ2v) is 4.22. The van der Waals surface area contributed by atoms with Gasteiger partial charge < -0.3 is 5.32 Å². The highest BCUT2D eigenvalue weighted by molar-refractivity contribution is 7.98. The van der Waals surface area contributed by atoms with Gasteiger partial charge in [-0.1, -0.05) is 0 Å². The number of hydrogen-bond donors (Lipinski definition) is 1. The summed E-state index contributed by atoms with van der Waals surface area (Å²) in [4.78, 5) is 0. The first-order valence-corrected chi connectivity index (χ1v) is 5.19. The maximum absolute atomic E-state index is 3.29. The van der Waals surface area contributed by atoms with E-state index < -0.39 is 0 Å². The highest BCUT2D eigenvalue weighted by Crippen LogP contribution is 2.11. The van der Waals surface area contributed by atoms with Crippen molar-refractivity contribution in [2.24, 2.45) is 0 Å². The smallest absolute Gasteiger partial charge is 0.0122 e. The number of hydrogen-bond acceptors (Lipinski definition) is 2. The highest BCUT2D eigenvalue weighted by Gasteiger charge is 2.12. The third kappa shape index (κ3) is 5.12. The van der Waals surface area contributed by atoms with Crippen molar-refractivity contribution < 1.29 is 0 Å². The summed E-state index contributed by atoms with van der Waals surface area (Å²) in [6.07, 6.45) is 4.74. The Morgan fingerprint density at radius 3 is 2.40 bits per heavy atom. The van der Waals surface area contributed by atoms with Crippen molar-refractivity contribution in [3.05, 3.63) is 0 Å². The molecule has 0 fully saturated rings. The van der Waals surface area contributed by atoms with Crippen LogP contribution >= 0.6 is 11.8 Å². The SMILES string of the molecule is CNC(C)(C)CCCSC. The van der Waals surface area contributed by atoms with Crippen LogP contribution in [0.25, 0.3) is 0 Å². The molecule has 0 saturated heterocycles. The Labute approximate surface area is 69.0 Å². The molecule has 0 aliphatic rings. The molecule has 0 amide bonds. The van der Waals surface area contributed by atoms with Gasteiger partial charge in [0.1, 0.15) is 0 Å². The standard InChI is InChI=1S/C8H19NS/c1-8(2,9-3)6-5-7-10-4/h9H,5-7H2,1-4H3. The van der Waals surface area contributed by atoms with E-state index in [0.29, 0.717) is 5.54 Å². The van der Waals surface area contributed by atoms with E-state index in [1.807, 2.05) is 18.8 Å². The Bertz CT molecular complexity index is 81.3. The van der Waals surface area contributed by atoms with Gasteiger partial charge in [-0.25, -0.2) is 0 Å². The van der Waals surface area contributed by atoms with E-state index >= 15 is 0 Å². The normalized spacial score (nSPS) is 12.0. The zero-order chi connectivity index (χ0) is 8.04. The van der Waals surface area contributed by atoms with E-state index in [4.69, 9.17) is 0 Å². The molecule has 0 aromatic carbocycles. The first-order valence-electron chi connectivity index (χ1n) is 3.80. The zero-order valence-electron chi connectivity index (χ0n) is 7.53. The summed E-state index contributed by atoms with van der Waals surface area (Å²) >= 11 is 1.93. The quantitative estimate of drug-likeness (QED) is 0.620. The van der Waals surface area contributed by atoms with Gasteiger partial charge in [0.05, 0.1) is 0 Å². The first kappa shape index (κ1) is 10.3. The van der Waals surface area contributed by atoms with Crippen molar-refractivity contribution >= 4 is 11.8 Å². The van der Waals surface area contributed by atoms with Crippen LogP contribution < -0.4 is 5.32 Å². The molecule has 0 rings (SSSR count). The van der Waals surface area contributed by atoms with Crippen LogP contribution in [0.5, 0.6) is 0 Å². The zero-order valence-corrected chi connectivity index (χ0v) is 8.35. The summed E-state index contributed by atoms with van der Waals surface area (Å²) in [5, 5.41) is 3.29. The van der Waals surface area contributed by atoms with Crippen LogP contribution in [0.15, 0.2) is 0 Å². The van der Waals surface area contributed by atoms with Crippen molar-refractivity contribution in [3.8, 4) is 0 Å². The van der Waals surface area contributed by atoms with Crippen LogP contribution in [0.1, 0.15) is 26.7 Å². The third-order valence-corrected chi connectivity index (χ3v) is 2.52. The molecule has 1 N–H and O–H groups in total. The molecule has 1 nitrogen and oxygen atoms in total. The van der Waals surface area contributed by atoms with Crippen molar-refractivity contribution in [1.82, 2.24) is 5.32 Å². The number of nitrogens with one attached hydrogen (secondary N) is 1. The molecular weight excluding hydrogens is 142 g/mol. The lowest BCUT2D eigenvalue weighted by atomic mass is 10.00. The molecular formula is C8H19NS. The summed E-state index contributed by atoms with van der Waals surface area (Å²) in [7, 11) is 2.03. The molecule has 0 bridgehead atoms. The van der Waals surface area contributed by atoms with Gasteiger partial charge in [0, 0.05) is 5.54 Å². The molecule has 0 aromatic rings. The molecule has 0 aliphatic carbocycles. The molecule has 2 heteroatoms. The Hall–Kier alpha value is 0.310. The van der Waals surface area contributed by atoms with E-state index in [1.165, 1.54) is 18.6 Å². The third-order valence-electron chi connectivity index (χ3n) is 1.83. The van der Waals surface area contributed by atoms with Gasteiger partial charge in [-0.3, -0.25) is 0 Å². The van der Waals surface area contributed by atoms with E-state index in [1.54, 1.807) is 0 Å². The number of thioether (sulfide) groups is 1. The van der Waals surface area contributed by atoms with E-state index in [-0.39, 0.29) is 0 Å². The average Bonchev–Trinajstić information content (AvgIpc) is 1.89. The monoisotopic (exact) mass is 161 g/mol. The lowest BCUT2D eigenvalue weighted by Crippen LogP contribution is -2.35. The second kappa shape index (κ2) is 5.03. The van der Waals surface area contributed by atoms with Crippen LogP contribution in [-0.2, 0) is 0 Å². The first-order chi connectivity index (χ1) is 4.62. The van der Waals surface area contributed by atoms with Gasteiger partial charge >= 0.3 is 0 Å². The van der Waals surface area contributed by atoms with Gasteiger partial charge in [-0.15, -0.1) is 0 Å². The molecule has 0 unspecified atom stereocenters. The van der Waals surface area contributed by atoms with Gasteiger partial charge in [0.25, 0.3) is 0 Å². The molecule has 0 radical (unpaired) electrons. The summed E-state index contributed by atoms with van der Waals surface area (Å²) in [6.45, 7) is 4.49. The average molecular weight is 161 g/mol. The fourth-order valence-corrected chi connectivity index (χ4v) is 1.22. The molecule has 0 saturated carbocycles. The molecule has 0 aromatic heterocycles. The molecule has 0 aliphatic heterocycles. The Balaban J connectivity index is 3.28. The fraction of sp³-hybridized carbons (Fsp3) is 1.00. The minimum atomic E-state index is 0.329. The summed E-state index contributed by atoms with van der Waals surface area (Å²) in [5.74, 6) is 1.28. The molecule has 10 heavy (non-hydrogen) atoms. The van der Waals surface area contributed by atoms with Crippen LogP contribution in [0, 0.1) is 0 Å². The van der Waals surface area contributed by atoms with Crippen molar-refractivity contribution in [2.75, 3.05) is 19.1 Å². The lowest BCUT2D eigenvalue weighted by molar-refractivity contribution is 0.390. The molecule has 0 atom stereocenters.